The zero-order valence-corrected chi connectivity index (χ0v) is 10.4. The lowest BCUT2D eigenvalue weighted by Gasteiger charge is -2.11. The Morgan fingerprint density at radius 1 is 1.39 bits per heavy atom. The summed E-state index contributed by atoms with van der Waals surface area (Å²) >= 11 is 0. The number of rotatable bonds is 3. The molecule has 0 aliphatic heterocycles. The zero-order chi connectivity index (χ0) is 13.0. The highest BCUT2D eigenvalue weighted by Crippen LogP contribution is 2.16. The summed E-state index contributed by atoms with van der Waals surface area (Å²) in [6, 6.07) is 5.58. The van der Waals surface area contributed by atoms with Gasteiger partial charge in [-0.15, -0.1) is 0 Å². The van der Waals surface area contributed by atoms with Crippen molar-refractivity contribution in [3.8, 4) is 11.3 Å². The number of hydrogen-bond acceptors (Lipinski definition) is 3. The van der Waals surface area contributed by atoms with Gasteiger partial charge in [0.25, 0.3) is 0 Å². The van der Waals surface area contributed by atoms with E-state index < -0.39 is 0 Å². The number of hydrogen-bond donors (Lipinski definition) is 1. The summed E-state index contributed by atoms with van der Waals surface area (Å²) in [5.74, 6) is 0. The Bertz CT molecular complexity index is 504. The molecule has 2 rings (SSSR count). The molecule has 5 nitrogen and oxygen atoms in total. The molecule has 2 heterocycles. The largest absolute Gasteiger partial charge is 0.472 e. The van der Waals surface area contributed by atoms with Crippen molar-refractivity contribution in [3.05, 3.63) is 42.5 Å². The molecule has 0 aliphatic carbocycles. The van der Waals surface area contributed by atoms with E-state index in [1.807, 2.05) is 18.2 Å². The van der Waals surface area contributed by atoms with Crippen molar-refractivity contribution in [2.24, 2.45) is 0 Å². The number of furan rings is 1. The predicted molar refractivity (Wildman–Crippen MR) is 67.9 cm³/mol. The maximum absolute atomic E-state index is 11.4. The quantitative estimate of drug-likeness (QED) is 0.901. The van der Waals surface area contributed by atoms with E-state index in [1.165, 1.54) is 4.90 Å². The molecule has 0 spiro atoms. The van der Waals surface area contributed by atoms with E-state index in [-0.39, 0.29) is 6.03 Å². The third kappa shape index (κ3) is 2.88. The first-order valence-corrected chi connectivity index (χ1v) is 5.59. The standard InChI is InChI=1S/C13H15N3O2/c1-16(2)13(17)15-8-10-3-4-12(14-7-10)11-5-6-18-9-11/h3-7,9H,8H2,1-2H3,(H,15,17). The van der Waals surface area contributed by atoms with Gasteiger partial charge in [0.1, 0.15) is 0 Å². The van der Waals surface area contributed by atoms with E-state index in [1.54, 1.807) is 32.8 Å². The molecule has 0 saturated heterocycles. The molecule has 5 heteroatoms. The summed E-state index contributed by atoms with van der Waals surface area (Å²) < 4.78 is 5.00. The van der Waals surface area contributed by atoms with Gasteiger partial charge in [-0.3, -0.25) is 4.98 Å². The molecule has 0 saturated carbocycles. The Morgan fingerprint density at radius 3 is 2.78 bits per heavy atom. The second-order valence-corrected chi connectivity index (χ2v) is 4.12. The third-order valence-electron chi connectivity index (χ3n) is 2.49. The summed E-state index contributed by atoms with van der Waals surface area (Å²) in [6.07, 6.45) is 5.01. The number of urea groups is 1. The van der Waals surface area contributed by atoms with Crippen molar-refractivity contribution < 1.29 is 9.21 Å². The van der Waals surface area contributed by atoms with Crippen molar-refractivity contribution in [2.75, 3.05) is 14.1 Å². The maximum Gasteiger partial charge on any atom is 0.317 e. The van der Waals surface area contributed by atoms with Gasteiger partial charge in [0.05, 0.1) is 18.2 Å². The van der Waals surface area contributed by atoms with Crippen LogP contribution < -0.4 is 5.32 Å². The number of pyridine rings is 1. The minimum Gasteiger partial charge on any atom is -0.472 e. The highest BCUT2D eigenvalue weighted by molar-refractivity contribution is 5.73. The molecule has 0 radical (unpaired) electrons. The second kappa shape index (κ2) is 5.35. The number of nitrogens with one attached hydrogen (secondary N) is 1. The van der Waals surface area contributed by atoms with Gasteiger partial charge < -0.3 is 14.6 Å². The minimum absolute atomic E-state index is 0.117. The highest BCUT2D eigenvalue weighted by Gasteiger charge is 2.04. The molecular formula is C13H15N3O2. The average Bonchev–Trinajstić information content (AvgIpc) is 2.90. The molecule has 2 aromatic rings. The Morgan fingerprint density at radius 2 is 2.22 bits per heavy atom. The first-order chi connectivity index (χ1) is 8.66. The lowest BCUT2D eigenvalue weighted by atomic mass is 10.2. The van der Waals surface area contributed by atoms with Gasteiger partial charge in [0.15, 0.2) is 0 Å². The predicted octanol–water partition coefficient (Wildman–Crippen LogP) is 2.11. The SMILES string of the molecule is CN(C)C(=O)NCc1ccc(-c2ccoc2)nc1. The van der Waals surface area contributed by atoms with Crippen LogP contribution in [0.4, 0.5) is 4.79 Å². The fourth-order valence-electron chi connectivity index (χ4n) is 1.45. The lowest BCUT2D eigenvalue weighted by molar-refractivity contribution is 0.217. The smallest absolute Gasteiger partial charge is 0.317 e. The van der Waals surface area contributed by atoms with Crippen molar-refractivity contribution in [3.63, 3.8) is 0 Å². The lowest BCUT2D eigenvalue weighted by Crippen LogP contribution is -2.33. The van der Waals surface area contributed by atoms with Crippen molar-refractivity contribution in [1.29, 1.82) is 0 Å². The van der Waals surface area contributed by atoms with Gasteiger partial charge >= 0.3 is 6.03 Å². The molecule has 94 valence electrons. The summed E-state index contributed by atoms with van der Waals surface area (Å²) in [7, 11) is 3.41. The summed E-state index contributed by atoms with van der Waals surface area (Å²) in [6.45, 7) is 0.468. The Hall–Kier alpha value is -2.30. The molecule has 0 fully saturated rings. The highest BCUT2D eigenvalue weighted by atomic mass is 16.3. The van der Waals surface area contributed by atoms with Gasteiger partial charge in [-0.05, 0) is 17.7 Å². The van der Waals surface area contributed by atoms with Gasteiger partial charge in [-0.1, -0.05) is 6.07 Å². The first-order valence-electron chi connectivity index (χ1n) is 5.59. The Kier molecular flexibility index (Phi) is 3.62. The van der Waals surface area contributed by atoms with Gasteiger partial charge in [-0.25, -0.2) is 4.79 Å². The molecule has 0 aromatic carbocycles. The second-order valence-electron chi connectivity index (χ2n) is 4.12. The first kappa shape index (κ1) is 12.2. The number of carbonyl (C=O) groups excluding carboxylic acids is 1. The zero-order valence-electron chi connectivity index (χ0n) is 10.4. The maximum atomic E-state index is 11.4. The summed E-state index contributed by atoms with van der Waals surface area (Å²) in [5.41, 5.74) is 2.75. The van der Waals surface area contributed by atoms with Crippen LogP contribution in [0.2, 0.25) is 0 Å². The van der Waals surface area contributed by atoms with E-state index in [2.05, 4.69) is 10.3 Å². The van der Waals surface area contributed by atoms with E-state index in [4.69, 9.17) is 4.42 Å². The van der Waals surface area contributed by atoms with Crippen LogP contribution >= 0.6 is 0 Å². The van der Waals surface area contributed by atoms with Crippen LogP contribution in [0.1, 0.15) is 5.56 Å². The molecule has 0 unspecified atom stereocenters. The van der Waals surface area contributed by atoms with E-state index in [0.717, 1.165) is 16.8 Å². The van der Waals surface area contributed by atoms with Crippen LogP contribution in [0.15, 0.2) is 41.3 Å². The molecular weight excluding hydrogens is 230 g/mol. The van der Waals surface area contributed by atoms with E-state index >= 15 is 0 Å². The monoisotopic (exact) mass is 245 g/mol. The van der Waals surface area contributed by atoms with Gasteiger partial charge in [0.2, 0.25) is 0 Å². The Balaban J connectivity index is 1.98. The molecule has 2 amide bonds. The summed E-state index contributed by atoms with van der Waals surface area (Å²) in [4.78, 5) is 17.2. The number of nitrogens with zero attached hydrogens (tertiary/aromatic N) is 2. The Labute approximate surface area is 105 Å². The number of aromatic nitrogens is 1. The van der Waals surface area contributed by atoms with Crippen molar-refractivity contribution >= 4 is 6.03 Å². The van der Waals surface area contributed by atoms with Crippen LogP contribution in [0.3, 0.4) is 0 Å². The summed E-state index contributed by atoms with van der Waals surface area (Å²) in [5, 5.41) is 2.78. The van der Waals surface area contributed by atoms with Crippen LogP contribution in [0.5, 0.6) is 0 Å². The van der Waals surface area contributed by atoms with Gasteiger partial charge in [0, 0.05) is 32.4 Å². The van der Waals surface area contributed by atoms with E-state index in [0.29, 0.717) is 6.54 Å². The fourth-order valence-corrected chi connectivity index (χ4v) is 1.45. The van der Waals surface area contributed by atoms with Crippen LogP contribution in [-0.4, -0.2) is 30.0 Å². The van der Waals surface area contributed by atoms with Crippen LogP contribution in [0, 0.1) is 0 Å². The van der Waals surface area contributed by atoms with E-state index in [9.17, 15) is 4.79 Å². The third-order valence-corrected chi connectivity index (χ3v) is 2.49. The molecule has 1 N–H and O–H groups in total. The number of carbonyl (C=O) groups is 1. The molecule has 0 bridgehead atoms. The molecule has 0 atom stereocenters. The fraction of sp³-hybridized carbons (Fsp3) is 0.231. The number of amides is 2. The molecule has 18 heavy (non-hydrogen) atoms. The normalized spacial score (nSPS) is 10.1. The van der Waals surface area contributed by atoms with Crippen molar-refractivity contribution in [2.45, 2.75) is 6.54 Å². The topological polar surface area (TPSA) is 58.4 Å². The molecule has 2 aromatic heterocycles. The van der Waals surface area contributed by atoms with Crippen LogP contribution in [0.25, 0.3) is 11.3 Å². The minimum atomic E-state index is -0.117. The van der Waals surface area contributed by atoms with Gasteiger partial charge in [-0.2, -0.15) is 0 Å². The molecule has 0 aliphatic rings. The van der Waals surface area contributed by atoms with Crippen molar-refractivity contribution in [1.82, 2.24) is 15.2 Å². The average molecular weight is 245 g/mol. The van der Waals surface area contributed by atoms with Crippen LogP contribution in [-0.2, 0) is 6.54 Å².